The number of hydrogen-bond donors (Lipinski definition) is 1. The van der Waals surface area contributed by atoms with Crippen molar-refractivity contribution in [3.05, 3.63) is 58.0 Å². The van der Waals surface area contributed by atoms with Crippen molar-refractivity contribution < 1.29 is 12.8 Å². The van der Waals surface area contributed by atoms with E-state index in [1.165, 1.54) is 17.0 Å². The van der Waals surface area contributed by atoms with Crippen molar-refractivity contribution in [3.63, 3.8) is 0 Å². The normalized spacial score (nSPS) is 17.4. The zero-order valence-electron chi connectivity index (χ0n) is 12.8. The fourth-order valence-corrected chi connectivity index (χ4v) is 5.49. The summed E-state index contributed by atoms with van der Waals surface area (Å²) >= 11 is 1.68. The molecule has 1 saturated carbocycles. The molecular weight excluding hydrogens is 333 g/mol. The van der Waals surface area contributed by atoms with Crippen LogP contribution in [0.15, 0.2) is 41.8 Å². The van der Waals surface area contributed by atoms with Crippen LogP contribution in [0.4, 0.5) is 4.39 Å². The molecule has 0 saturated heterocycles. The van der Waals surface area contributed by atoms with Crippen molar-refractivity contribution in [2.75, 3.05) is 6.54 Å². The summed E-state index contributed by atoms with van der Waals surface area (Å²) in [6.45, 7) is 0.393. The molecule has 0 radical (unpaired) electrons. The summed E-state index contributed by atoms with van der Waals surface area (Å²) in [4.78, 5) is 1.24. The largest absolute Gasteiger partial charge is 0.215 e. The lowest BCUT2D eigenvalue weighted by molar-refractivity contribution is 0.440. The minimum absolute atomic E-state index is 0.101. The Balaban J connectivity index is 1.72. The topological polar surface area (TPSA) is 46.2 Å². The van der Waals surface area contributed by atoms with Crippen molar-refractivity contribution in [3.8, 4) is 0 Å². The predicted molar refractivity (Wildman–Crippen MR) is 91.5 cm³/mol. The number of nitrogens with one attached hydrogen (secondary N) is 1. The van der Waals surface area contributed by atoms with E-state index in [9.17, 15) is 12.8 Å². The molecule has 0 spiro atoms. The Morgan fingerprint density at radius 1 is 1.13 bits per heavy atom. The summed E-state index contributed by atoms with van der Waals surface area (Å²) in [5.41, 5.74) is 0.104. The predicted octanol–water partition coefficient (Wildman–Crippen LogP) is 3.82. The van der Waals surface area contributed by atoms with Crippen LogP contribution in [0.25, 0.3) is 0 Å². The van der Waals surface area contributed by atoms with Gasteiger partial charge in [-0.05, 0) is 30.4 Å². The first-order chi connectivity index (χ1) is 11.0. The summed E-state index contributed by atoms with van der Waals surface area (Å²) in [7, 11) is -3.56. The van der Waals surface area contributed by atoms with Gasteiger partial charge in [0, 0.05) is 22.4 Å². The Labute approximate surface area is 140 Å². The monoisotopic (exact) mass is 353 g/mol. The van der Waals surface area contributed by atoms with Crippen molar-refractivity contribution in [1.82, 2.24) is 4.72 Å². The molecule has 0 atom stereocenters. The smallest absolute Gasteiger partial charge is 0.214 e. The maximum atomic E-state index is 13.7. The highest BCUT2D eigenvalue weighted by molar-refractivity contribution is 7.88. The molecule has 1 heterocycles. The molecular formula is C17H20FNO2S2. The van der Waals surface area contributed by atoms with E-state index < -0.39 is 15.8 Å². The third kappa shape index (κ3) is 3.82. The third-order valence-corrected chi connectivity index (χ3v) is 6.93. The summed E-state index contributed by atoms with van der Waals surface area (Å²) < 4.78 is 41.1. The second-order valence-electron chi connectivity index (χ2n) is 6.14. The fourth-order valence-electron chi connectivity index (χ4n) is 3.26. The van der Waals surface area contributed by atoms with Gasteiger partial charge in [0.15, 0.2) is 0 Å². The van der Waals surface area contributed by atoms with Crippen LogP contribution in [0.3, 0.4) is 0 Å². The molecule has 1 aliphatic carbocycles. The molecule has 1 aliphatic rings. The number of halogens is 1. The zero-order valence-corrected chi connectivity index (χ0v) is 14.4. The van der Waals surface area contributed by atoms with Gasteiger partial charge < -0.3 is 0 Å². The molecule has 3 nitrogen and oxygen atoms in total. The first kappa shape index (κ1) is 16.6. The van der Waals surface area contributed by atoms with Crippen LogP contribution in [0.5, 0.6) is 0 Å². The van der Waals surface area contributed by atoms with E-state index in [1.807, 2.05) is 11.4 Å². The molecule has 1 fully saturated rings. The average Bonchev–Trinajstić information content (AvgIpc) is 3.19. The van der Waals surface area contributed by atoms with Gasteiger partial charge in [-0.15, -0.1) is 11.3 Å². The highest BCUT2D eigenvalue weighted by atomic mass is 32.2. The van der Waals surface area contributed by atoms with Gasteiger partial charge in [-0.25, -0.2) is 17.5 Å². The minimum atomic E-state index is -3.56. The van der Waals surface area contributed by atoms with Crippen LogP contribution >= 0.6 is 11.3 Å². The third-order valence-electron chi connectivity index (χ3n) is 4.54. The van der Waals surface area contributed by atoms with Crippen LogP contribution in [0.2, 0.25) is 0 Å². The molecule has 23 heavy (non-hydrogen) atoms. The Bertz CT molecular complexity index is 751. The molecule has 0 amide bonds. The zero-order chi connectivity index (χ0) is 16.3. The first-order valence-corrected chi connectivity index (χ1v) is 10.3. The Hall–Kier alpha value is -1.24. The lowest BCUT2D eigenvalue weighted by atomic mass is 9.85. The van der Waals surface area contributed by atoms with Crippen LogP contribution < -0.4 is 4.72 Å². The molecule has 3 rings (SSSR count). The van der Waals surface area contributed by atoms with Crippen molar-refractivity contribution in [1.29, 1.82) is 0 Å². The second-order valence-corrected chi connectivity index (χ2v) is 8.89. The molecule has 0 bridgehead atoms. The molecule has 1 aromatic carbocycles. The van der Waals surface area contributed by atoms with E-state index in [0.29, 0.717) is 6.54 Å². The van der Waals surface area contributed by atoms with Gasteiger partial charge >= 0.3 is 0 Å². The van der Waals surface area contributed by atoms with E-state index in [-0.39, 0.29) is 16.7 Å². The van der Waals surface area contributed by atoms with Gasteiger partial charge in [-0.2, -0.15) is 0 Å². The number of sulfonamides is 1. The van der Waals surface area contributed by atoms with Gasteiger partial charge in [0.1, 0.15) is 5.82 Å². The maximum absolute atomic E-state index is 13.7. The molecule has 6 heteroatoms. The van der Waals surface area contributed by atoms with Gasteiger partial charge in [0.05, 0.1) is 5.75 Å². The molecule has 0 aliphatic heterocycles. The molecule has 0 unspecified atom stereocenters. The van der Waals surface area contributed by atoms with E-state index in [2.05, 4.69) is 10.8 Å². The SMILES string of the molecule is O=S(=O)(Cc1ccccc1F)NCC1(c2cccs2)CCCC1. The second kappa shape index (κ2) is 6.71. The molecule has 1 aromatic heterocycles. The summed E-state index contributed by atoms with van der Waals surface area (Å²) in [5.74, 6) is -0.799. The van der Waals surface area contributed by atoms with Gasteiger partial charge in [0.25, 0.3) is 0 Å². The molecule has 124 valence electrons. The first-order valence-electron chi connectivity index (χ1n) is 7.76. The van der Waals surface area contributed by atoms with Gasteiger partial charge in [-0.3, -0.25) is 0 Å². The van der Waals surface area contributed by atoms with Crippen molar-refractivity contribution >= 4 is 21.4 Å². The van der Waals surface area contributed by atoms with Crippen LogP contribution in [-0.2, 0) is 21.2 Å². The van der Waals surface area contributed by atoms with E-state index >= 15 is 0 Å². The van der Waals surface area contributed by atoms with E-state index in [0.717, 1.165) is 25.7 Å². The molecule has 2 aromatic rings. The van der Waals surface area contributed by atoms with Gasteiger partial charge in [0.2, 0.25) is 10.0 Å². The van der Waals surface area contributed by atoms with Gasteiger partial charge in [-0.1, -0.05) is 37.1 Å². The Morgan fingerprint density at radius 3 is 2.52 bits per heavy atom. The standard InChI is InChI=1S/C17H20FNO2S2/c18-15-7-2-1-6-14(15)12-23(20,21)19-13-17(9-3-4-10-17)16-8-5-11-22-16/h1-2,5-8,11,19H,3-4,9-10,12-13H2. The molecule has 1 N–H and O–H groups in total. The van der Waals surface area contributed by atoms with Crippen molar-refractivity contribution in [2.24, 2.45) is 0 Å². The van der Waals surface area contributed by atoms with E-state index in [1.54, 1.807) is 23.5 Å². The van der Waals surface area contributed by atoms with Crippen LogP contribution in [0.1, 0.15) is 36.1 Å². The lowest BCUT2D eigenvalue weighted by Gasteiger charge is -2.28. The van der Waals surface area contributed by atoms with Crippen molar-refractivity contribution in [2.45, 2.75) is 36.9 Å². The number of hydrogen-bond acceptors (Lipinski definition) is 3. The minimum Gasteiger partial charge on any atom is -0.214 e. The summed E-state index contributed by atoms with van der Waals surface area (Å²) in [6.07, 6.45) is 4.23. The Morgan fingerprint density at radius 2 is 1.87 bits per heavy atom. The summed E-state index contributed by atoms with van der Waals surface area (Å²) in [6, 6.07) is 10.1. The number of benzene rings is 1. The Kier molecular flexibility index (Phi) is 4.85. The highest BCUT2D eigenvalue weighted by Gasteiger charge is 2.37. The quantitative estimate of drug-likeness (QED) is 0.858. The highest BCUT2D eigenvalue weighted by Crippen LogP contribution is 2.42. The number of rotatable bonds is 6. The fraction of sp³-hybridized carbons (Fsp3) is 0.412. The van der Waals surface area contributed by atoms with E-state index in [4.69, 9.17) is 0 Å². The maximum Gasteiger partial charge on any atom is 0.215 e. The average molecular weight is 353 g/mol. The number of thiophene rings is 1. The van der Waals surface area contributed by atoms with Crippen LogP contribution in [0, 0.1) is 5.82 Å². The van der Waals surface area contributed by atoms with Crippen LogP contribution in [-0.4, -0.2) is 15.0 Å². The summed E-state index contributed by atoms with van der Waals surface area (Å²) in [5, 5.41) is 2.03. The lowest BCUT2D eigenvalue weighted by Crippen LogP contribution is -2.39.